The molecule has 4 rings (SSSR count). The van der Waals surface area contributed by atoms with Crippen LogP contribution in [0.25, 0.3) is 10.2 Å². The van der Waals surface area contributed by atoms with Gasteiger partial charge in [-0.15, -0.1) is 11.3 Å². The van der Waals surface area contributed by atoms with Crippen molar-refractivity contribution in [2.45, 2.75) is 50.5 Å². The Hall–Kier alpha value is -1.46. The summed E-state index contributed by atoms with van der Waals surface area (Å²) in [4.78, 5) is 21.4. The van der Waals surface area contributed by atoms with Gasteiger partial charge in [-0.3, -0.25) is 4.79 Å². The lowest BCUT2D eigenvalue weighted by molar-refractivity contribution is 0.0964. The van der Waals surface area contributed by atoms with E-state index in [0.29, 0.717) is 5.92 Å². The number of fused-ring (bicyclic) bond motifs is 1. The number of carbonyl (C=O) groups excluding carboxylic acids is 1. The van der Waals surface area contributed by atoms with Crippen LogP contribution in [0, 0.1) is 0 Å². The predicted molar refractivity (Wildman–Crippen MR) is 98.8 cm³/mol. The van der Waals surface area contributed by atoms with Gasteiger partial charge in [0.1, 0.15) is 4.83 Å². The smallest absolute Gasteiger partial charge is 0.261 e. The average Bonchev–Trinajstić information content (AvgIpc) is 3.29. The summed E-state index contributed by atoms with van der Waals surface area (Å²) in [7, 11) is 1.71. The minimum atomic E-state index is 0.0335. The third-order valence-electron chi connectivity index (χ3n) is 5.72. The fourth-order valence-corrected chi connectivity index (χ4v) is 5.64. The van der Waals surface area contributed by atoms with E-state index >= 15 is 0 Å². The molecule has 0 atom stereocenters. The van der Waals surface area contributed by atoms with E-state index in [0.717, 1.165) is 28.6 Å². The van der Waals surface area contributed by atoms with E-state index in [-0.39, 0.29) is 5.91 Å². The number of thiophene rings is 1. The van der Waals surface area contributed by atoms with Gasteiger partial charge in [-0.05, 0) is 56.3 Å². The van der Waals surface area contributed by atoms with Crippen LogP contribution in [-0.4, -0.2) is 42.0 Å². The van der Waals surface area contributed by atoms with Gasteiger partial charge in [0.2, 0.25) is 0 Å². The van der Waals surface area contributed by atoms with Crippen LogP contribution in [0.4, 0.5) is 0 Å². The van der Waals surface area contributed by atoms with Crippen molar-refractivity contribution >= 4 is 27.5 Å². The maximum absolute atomic E-state index is 12.4. The third kappa shape index (κ3) is 2.84. The molecule has 0 unspecified atom stereocenters. The molecule has 3 heterocycles. The number of hydrogen-bond acceptors (Lipinski definition) is 4. The molecule has 128 valence electrons. The quantitative estimate of drug-likeness (QED) is 0.922. The van der Waals surface area contributed by atoms with Crippen LogP contribution in [0.5, 0.6) is 0 Å². The molecule has 0 radical (unpaired) electrons. The van der Waals surface area contributed by atoms with Crippen molar-refractivity contribution in [1.82, 2.24) is 15.2 Å². The fourth-order valence-electron chi connectivity index (χ4n) is 4.46. The summed E-state index contributed by atoms with van der Waals surface area (Å²) in [5, 5.41) is 3.99. The molecule has 1 saturated heterocycles. The minimum absolute atomic E-state index is 0.0335. The van der Waals surface area contributed by atoms with E-state index in [1.54, 1.807) is 7.05 Å². The molecule has 1 N–H and O–H groups in total. The first kappa shape index (κ1) is 16.0. The lowest BCUT2D eigenvalue weighted by Gasteiger charge is -2.36. The molecule has 1 aliphatic carbocycles. The summed E-state index contributed by atoms with van der Waals surface area (Å²) in [6.07, 6.45) is 9.67. The second-order valence-electron chi connectivity index (χ2n) is 7.03. The number of nitrogens with one attached hydrogen (secondary N) is 1. The first-order chi connectivity index (χ1) is 11.8. The minimum Gasteiger partial charge on any atom is -0.354 e. The molecule has 5 heteroatoms. The van der Waals surface area contributed by atoms with E-state index < -0.39 is 0 Å². The molecule has 2 aromatic rings. The van der Waals surface area contributed by atoms with Crippen LogP contribution in [0.1, 0.15) is 59.7 Å². The van der Waals surface area contributed by atoms with E-state index in [9.17, 15) is 4.79 Å². The largest absolute Gasteiger partial charge is 0.354 e. The van der Waals surface area contributed by atoms with Crippen LogP contribution in [-0.2, 0) is 0 Å². The normalized spacial score (nSPS) is 20.7. The van der Waals surface area contributed by atoms with Crippen molar-refractivity contribution in [3.8, 4) is 0 Å². The maximum atomic E-state index is 12.4. The highest BCUT2D eigenvalue weighted by atomic mass is 32.1. The predicted octanol–water partition coefficient (Wildman–Crippen LogP) is 3.78. The summed E-state index contributed by atoms with van der Waals surface area (Å²) in [6.45, 7) is 2.33. The SMILES string of the molecule is CNC(=O)c1sc2ncccc2c1C1CCN(C2CCCC2)CC1. The molecule has 1 aliphatic heterocycles. The molecule has 1 amide bonds. The number of rotatable bonds is 3. The van der Waals surface area contributed by atoms with Crippen LogP contribution in [0.15, 0.2) is 18.3 Å². The molecule has 2 fully saturated rings. The number of nitrogens with zero attached hydrogens (tertiary/aromatic N) is 2. The Morgan fingerprint density at radius 1 is 1.25 bits per heavy atom. The van der Waals surface area contributed by atoms with E-state index in [1.807, 2.05) is 12.3 Å². The van der Waals surface area contributed by atoms with Gasteiger partial charge >= 0.3 is 0 Å². The summed E-state index contributed by atoms with van der Waals surface area (Å²) in [5.74, 6) is 0.513. The second-order valence-corrected chi connectivity index (χ2v) is 8.03. The third-order valence-corrected chi connectivity index (χ3v) is 6.84. The van der Waals surface area contributed by atoms with Crippen LogP contribution >= 0.6 is 11.3 Å². The Bertz CT molecular complexity index is 727. The van der Waals surface area contributed by atoms with Gasteiger partial charge in [0.15, 0.2) is 0 Å². The second kappa shape index (κ2) is 6.81. The Morgan fingerprint density at radius 2 is 2.00 bits per heavy atom. The first-order valence-corrected chi connectivity index (χ1v) is 9.93. The van der Waals surface area contributed by atoms with Crippen LogP contribution in [0.3, 0.4) is 0 Å². The van der Waals surface area contributed by atoms with Gasteiger partial charge in [0, 0.05) is 24.7 Å². The molecule has 4 nitrogen and oxygen atoms in total. The highest BCUT2D eigenvalue weighted by Gasteiger charge is 2.31. The number of piperidine rings is 1. The van der Waals surface area contributed by atoms with Crippen LogP contribution < -0.4 is 5.32 Å². The summed E-state index contributed by atoms with van der Waals surface area (Å²) < 4.78 is 0. The van der Waals surface area contributed by atoms with E-state index in [1.165, 1.54) is 61.1 Å². The summed E-state index contributed by atoms with van der Waals surface area (Å²) in [5.41, 5.74) is 1.24. The number of hydrogen-bond donors (Lipinski definition) is 1. The summed E-state index contributed by atoms with van der Waals surface area (Å²) in [6, 6.07) is 4.93. The van der Waals surface area contributed by atoms with Gasteiger partial charge in [0.05, 0.1) is 4.88 Å². The lowest BCUT2D eigenvalue weighted by atomic mass is 9.87. The highest BCUT2D eigenvalue weighted by molar-refractivity contribution is 7.20. The van der Waals surface area contributed by atoms with Gasteiger partial charge in [-0.25, -0.2) is 4.98 Å². The monoisotopic (exact) mass is 343 g/mol. The number of likely N-dealkylation sites (tertiary alicyclic amines) is 1. The van der Waals surface area contributed by atoms with Crippen molar-refractivity contribution in [3.05, 3.63) is 28.8 Å². The maximum Gasteiger partial charge on any atom is 0.261 e. The number of amides is 1. The summed E-state index contributed by atoms with van der Waals surface area (Å²) >= 11 is 1.54. The van der Waals surface area contributed by atoms with Crippen molar-refractivity contribution in [3.63, 3.8) is 0 Å². The Labute approximate surface area is 147 Å². The zero-order chi connectivity index (χ0) is 16.5. The molecular weight excluding hydrogens is 318 g/mol. The zero-order valence-corrected chi connectivity index (χ0v) is 15.1. The number of aromatic nitrogens is 1. The van der Waals surface area contributed by atoms with Crippen molar-refractivity contribution in [1.29, 1.82) is 0 Å². The Morgan fingerprint density at radius 3 is 2.71 bits per heavy atom. The molecule has 0 bridgehead atoms. The van der Waals surface area contributed by atoms with Gasteiger partial charge in [0.25, 0.3) is 5.91 Å². The van der Waals surface area contributed by atoms with E-state index in [4.69, 9.17) is 0 Å². The molecule has 1 saturated carbocycles. The van der Waals surface area contributed by atoms with Crippen molar-refractivity contribution < 1.29 is 4.79 Å². The fraction of sp³-hybridized carbons (Fsp3) is 0.579. The molecular formula is C19H25N3OS. The number of carbonyl (C=O) groups is 1. The lowest BCUT2D eigenvalue weighted by Crippen LogP contribution is -2.39. The Balaban J connectivity index is 1.60. The topological polar surface area (TPSA) is 45.2 Å². The molecule has 2 aromatic heterocycles. The highest BCUT2D eigenvalue weighted by Crippen LogP contribution is 2.40. The molecule has 0 spiro atoms. The van der Waals surface area contributed by atoms with Gasteiger partial charge in [-0.1, -0.05) is 18.9 Å². The average molecular weight is 343 g/mol. The molecule has 0 aromatic carbocycles. The standard InChI is InChI=1S/C19H25N3OS/c1-20-18(23)17-16(15-7-4-10-21-19(15)24-17)13-8-11-22(12-9-13)14-5-2-3-6-14/h4,7,10,13-14H,2-3,5-6,8-9,11-12H2,1H3,(H,20,23). The van der Waals surface area contributed by atoms with Crippen molar-refractivity contribution in [2.75, 3.05) is 20.1 Å². The van der Waals surface area contributed by atoms with Crippen LogP contribution in [0.2, 0.25) is 0 Å². The molecule has 24 heavy (non-hydrogen) atoms. The van der Waals surface area contributed by atoms with Gasteiger partial charge < -0.3 is 10.2 Å². The molecule has 2 aliphatic rings. The van der Waals surface area contributed by atoms with E-state index in [2.05, 4.69) is 21.3 Å². The zero-order valence-electron chi connectivity index (χ0n) is 14.3. The first-order valence-electron chi connectivity index (χ1n) is 9.11. The van der Waals surface area contributed by atoms with Gasteiger partial charge in [-0.2, -0.15) is 0 Å². The van der Waals surface area contributed by atoms with Crippen molar-refractivity contribution in [2.24, 2.45) is 0 Å². The number of pyridine rings is 1. The Kier molecular flexibility index (Phi) is 4.55.